The molecule has 3 N–H and O–H groups in total. The summed E-state index contributed by atoms with van der Waals surface area (Å²) in [4.78, 5) is 32.3. The van der Waals surface area contributed by atoms with E-state index in [1.54, 1.807) is 48.7 Å². The van der Waals surface area contributed by atoms with Crippen LogP contribution in [0.15, 0.2) is 79.0 Å². The Morgan fingerprint density at radius 2 is 1.50 bits per heavy atom. The molecule has 4 aromatic rings. The smallest absolute Gasteiger partial charge is 0.255 e. The number of benzene rings is 3. The number of anilines is 4. The molecule has 0 aliphatic rings. The van der Waals surface area contributed by atoms with E-state index in [1.165, 1.54) is 6.92 Å². The summed E-state index contributed by atoms with van der Waals surface area (Å²) >= 11 is 0. The number of aromatic nitrogens is 2. The van der Waals surface area contributed by atoms with Crippen molar-refractivity contribution >= 4 is 34.8 Å². The summed E-state index contributed by atoms with van der Waals surface area (Å²) in [7, 11) is 0. The van der Waals surface area contributed by atoms with Gasteiger partial charge in [0.25, 0.3) is 5.91 Å². The zero-order valence-corrected chi connectivity index (χ0v) is 18.0. The van der Waals surface area contributed by atoms with E-state index >= 15 is 0 Å². The van der Waals surface area contributed by atoms with Crippen LogP contribution in [-0.2, 0) is 4.79 Å². The van der Waals surface area contributed by atoms with Crippen LogP contribution < -0.4 is 16.0 Å². The largest absolute Gasteiger partial charge is 0.326 e. The van der Waals surface area contributed by atoms with Crippen LogP contribution in [0.4, 0.5) is 31.8 Å². The van der Waals surface area contributed by atoms with Gasteiger partial charge in [0.05, 0.1) is 5.69 Å². The Balaban J connectivity index is 1.48. The number of rotatable bonds is 6. The minimum atomic E-state index is -0.831. The molecule has 0 saturated carbocycles. The summed E-state index contributed by atoms with van der Waals surface area (Å²) in [5.74, 6) is -2.12. The quantitative estimate of drug-likeness (QED) is 0.360. The molecule has 0 bridgehead atoms. The first kappa shape index (κ1) is 22.5. The van der Waals surface area contributed by atoms with Crippen molar-refractivity contribution in [1.82, 2.24) is 9.97 Å². The molecule has 0 spiro atoms. The number of carbonyl (C=O) groups is 2. The van der Waals surface area contributed by atoms with Crippen molar-refractivity contribution in [3.63, 3.8) is 0 Å². The molecule has 9 heteroatoms. The van der Waals surface area contributed by atoms with E-state index in [1.807, 2.05) is 12.1 Å². The molecular weight excluding hydrogens is 440 g/mol. The van der Waals surface area contributed by atoms with Crippen LogP contribution in [0.3, 0.4) is 0 Å². The second-order valence-electron chi connectivity index (χ2n) is 7.34. The molecule has 0 unspecified atom stereocenters. The van der Waals surface area contributed by atoms with Crippen molar-refractivity contribution in [2.75, 3.05) is 16.0 Å². The fourth-order valence-corrected chi connectivity index (χ4v) is 3.20. The number of halogens is 2. The van der Waals surface area contributed by atoms with Crippen LogP contribution in [0.25, 0.3) is 11.3 Å². The Bertz CT molecular complexity index is 1340. The molecule has 0 saturated heterocycles. The minimum absolute atomic E-state index is 0.128. The fraction of sp³-hybridized carbons (Fsp3) is 0.0400. The minimum Gasteiger partial charge on any atom is -0.326 e. The van der Waals surface area contributed by atoms with Crippen molar-refractivity contribution in [3.8, 4) is 11.3 Å². The number of nitrogens with one attached hydrogen (secondary N) is 3. The molecule has 1 heterocycles. The summed E-state index contributed by atoms with van der Waals surface area (Å²) in [5.41, 5.74) is 3.08. The summed E-state index contributed by atoms with van der Waals surface area (Å²) in [6.45, 7) is 1.44. The van der Waals surface area contributed by atoms with Crippen LogP contribution in [0.2, 0.25) is 0 Å². The van der Waals surface area contributed by atoms with Crippen molar-refractivity contribution < 1.29 is 18.4 Å². The Kier molecular flexibility index (Phi) is 6.54. The predicted octanol–water partition coefficient (Wildman–Crippen LogP) is 5.38. The first-order chi connectivity index (χ1) is 16.4. The molecule has 4 rings (SSSR count). The third kappa shape index (κ3) is 5.77. The van der Waals surface area contributed by atoms with Gasteiger partial charge in [-0.3, -0.25) is 9.59 Å². The highest BCUT2D eigenvalue weighted by atomic mass is 19.1. The van der Waals surface area contributed by atoms with Crippen LogP contribution >= 0.6 is 0 Å². The molecule has 0 aliphatic heterocycles. The van der Waals surface area contributed by atoms with Crippen molar-refractivity contribution in [1.29, 1.82) is 0 Å². The molecule has 0 fully saturated rings. The fourth-order valence-electron chi connectivity index (χ4n) is 3.20. The summed E-state index contributed by atoms with van der Waals surface area (Å²) in [5, 5.41) is 8.40. The Morgan fingerprint density at radius 1 is 0.794 bits per heavy atom. The molecular formula is C25H19F2N5O2. The molecule has 1 aromatic heterocycles. The molecule has 2 amide bonds. The lowest BCUT2D eigenvalue weighted by molar-refractivity contribution is -0.114. The maximum absolute atomic E-state index is 13.4. The van der Waals surface area contributed by atoms with Crippen LogP contribution in [-0.4, -0.2) is 21.8 Å². The lowest BCUT2D eigenvalue weighted by Gasteiger charge is -2.10. The van der Waals surface area contributed by atoms with Crippen LogP contribution in [0.5, 0.6) is 0 Å². The Morgan fingerprint density at radius 3 is 2.21 bits per heavy atom. The molecule has 0 radical (unpaired) electrons. The first-order valence-electron chi connectivity index (χ1n) is 10.2. The highest BCUT2D eigenvalue weighted by Gasteiger charge is 2.10. The predicted molar refractivity (Wildman–Crippen MR) is 126 cm³/mol. The van der Waals surface area contributed by atoms with E-state index in [-0.39, 0.29) is 11.5 Å². The standard InChI is InChI=1S/C25H19F2N5O2/c1-15(33)29-20-7-5-16(6-8-20)23-9-10-28-25(32-23)31-22-4-2-3-21(14-22)30-24(34)17-11-18(26)13-19(27)12-17/h2-14H,1H3,(H,29,33)(H,30,34)(H,28,31,32). The number of carbonyl (C=O) groups excluding carboxylic acids is 2. The maximum Gasteiger partial charge on any atom is 0.255 e. The van der Waals surface area contributed by atoms with E-state index < -0.39 is 17.5 Å². The van der Waals surface area contributed by atoms with E-state index in [0.717, 1.165) is 17.7 Å². The second-order valence-corrected chi connectivity index (χ2v) is 7.34. The van der Waals surface area contributed by atoms with Crippen molar-refractivity contribution in [3.05, 3.63) is 96.2 Å². The Hall–Kier alpha value is -4.66. The van der Waals surface area contributed by atoms with Gasteiger partial charge in [-0.1, -0.05) is 18.2 Å². The Labute approximate surface area is 193 Å². The van der Waals surface area contributed by atoms with Gasteiger partial charge in [-0.15, -0.1) is 0 Å². The number of hydrogen-bond donors (Lipinski definition) is 3. The van der Waals surface area contributed by atoms with Crippen molar-refractivity contribution in [2.45, 2.75) is 6.92 Å². The van der Waals surface area contributed by atoms with Gasteiger partial charge in [0, 0.05) is 47.4 Å². The maximum atomic E-state index is 13.4. The van der Waals surface area contributed by atoms with Gasteiger partial charge in [0.2, 0.25) is 11.9 Å². The number of nitrogens with zero attached hydrogens (tertiary/aromatic N) is 2. The normalized spacial score (nSPS) is 10.4. The molecule has 3 aromatic carbocycles. The van der Waals surface area contributed by atoms with E-state index in [2.05, 4.69) is 25.9 Å². The second kappa shape index (κ2) is 9.86. The third-order valence-corrected chi connectivity index (χ3v) is 4.66. The zero-order chi connectivity index (χ0) is 24.1. The molecule has 170 valence electrons. The van der Waals surface area contributed by atoms with Crippen molar-refractivity contribution in [2.24, 2.45) is 0 Å². The zero-order valence-electron chi connectivity index (χ0n) is 18.0. The van der Waals surface area contributed by atoms with Gasteiger partial charge in [0.1, 0.15) is 11.6 Å². The lowest BCUT2D eigenvalue weighted by atomic mass is 10.1. The highest BCUT2D eigenvalue weighted by Crippen LogP contribution is 2.23. The summed E-state index contributed by atoms with van der Waals surface area (Å²) < 4.78 is 26.8. The van der Waals surface area contributed by atoms with Gasteiger partial charge in [-0.2, -0.15) is 0 Å². The molecule has 0 atom stereocenters. The van der Waals surface area contributed by atoms with Gasteiger partial charge in [-0.05, 0) is 48.5 Å². The highest BCUT2D eigenvalue weighted by molar-refractivity contribution is 6.04. The van der Waals surface area contributed by atoms with Crippen LogP contribution in [0.1, 0.15) is 17.3 Å². The number of amides is 2. The summed E-state index contributed by atoms with van der Waals surface area (Å²) in [6, 6.07) is 18.4. The molecule has 34 heavy (non-hydrogen) atoms. The van der Waals surface area contributed by atoms with Gasteiger partial charge < -0.3 is 16.0 Å². The lowest BCUT2D eigenvalue weighted by Crippen LogP contribution is -2.12. The van der Waals surface area contributed by atoms with Gasteiger partial charge in [0.15, 0.2) is 0 Å². The average molecular weight is 459 g/mol. The van der Waals surface area contributed by atoms with Gasteiger partial charge in [-0.25, -0.2) is 18.7 Å². The molecule has 0 aliphatic carbocycles. The topological polar surface area (TPSA) is 96.0 Å². The summed E-state index contributed by atoms with van der Waals surface area (Å²) in [6.07, 6.45) is 1.61. The van der Waals surface area contributed by atoms with E-state index in [0.29, 0.717) is 34.8 Å². The number of hydrogen-bond acceptors (Lipinski definition) is 5. The SMILES string of the molecule is CC(=O)Nc1ccc(-c2ccnc(Nc3cccc(NC(=O)c4cc(F)cc(F)c4)c3)n2)cc1. The first-order valence-corrected chi connectivity index (χ1v) is 10.2. The van der Waals surface area contributed by atoms with Crippen LogP contribution in [0, 0.1) is 11.6 Å². The van der Waals surface area contributed by atoms with E-state index in [4.69, 9.17) is 0 Å². The van der Waals surface area contributed by atoms with E-state index in [9.17, 15) is 18.4 Å². The monoisotopic (exact) mass is 459 g/mol. The van der Waals surface area contributed by atoms with Gasteiger partial charge >= 0.3 is 0 Å². The average Bonchev–Trinajstić information content (AvgIpc) is 2.79. The third-order valence-electron chi connectivity index (χ3n) is 4.66. The molecule has 7 nitrogen and oxygen atoms in total.